The first-order valence-electron chi connectivity index (χ1n) is 10.4. The van der Waals surface area contributed by atoms with Crippen molar-refractivity contribution in [3.8, 4) is 0 Å². The van der Waals surface area contributed by atoms with Gasteiger partial charge < -0.3 is 0 Å². The first kappa shape index (κ1) is 18.9. The van der Waals surface area contributed by atoms with Crippen LogP contribution in [-0.4, -0.2) is 65.5 Å². The minimum atomic E-state index is 0.422. The van der Waals surface area contributed by atoms with E-state index in [4.69, 9.17) is 0 Å². The number of piperazine rings is 1. The van der Waals surface area contributed by atoms with Gasteiger partial charge in [-0.25, -0.2) is 0 Å². The van der Waals surface area contributed by atoms with Crippen molar-refractivity contribution in [1.82, 2.24) is 14.7 Å². The Morgan fingerprint density at radius 3 is 2.12 bits per heavy atom. The molecule has 1 atom stereocenters. The number of rotatable bonds is 7. The van der Waals surface area contributed by atoms with E-state index in [2.05, 4.69) is 65.8 Å². The van der Waals surface area contributed by atoms with E-state index in [1.807, 2.05) is 0 Å². The van der Waals surface area contributed by atoms with Gasteiger partial charge in [-0.1, -0.05) is 57.0 Å². The molecule has 3 rings (SSSR count). The monoisotopic (exact) mass is 343 g/mol. The Hall–Kier alpha value is -0.900. The molecule has 1 saturated heterocycles. The fourth-order valence-corrected chi connectivity index (χ4v) is 5.33. The fourth-order valence-electron chi connectivity index (χ4n) is 5.33. The van der Waals surface area contributed by atoms with Crippen molar-refractivity contribution in [1.29, 1.82) is 0 Å². The van der Waals surface area contributed by atoms with Crippen molar-refractivity contribution in [2.24, 2.45) is 0 Å². The minimum absolute atomic E-state index is 0.422. The van der Waals surface area contributed by atoms with Gasteiger partial charge in [-0.3, -0.25) is 14.7 Å². The van der Waals surface area contributed by atoms with E-state index in [9.17, 15) is 0 Å². The van der Waals surface area contributed by atoms with Gasteiger partial charge in [0.05, 0.1) is 0 Å². The predicted octanol–water partition coefficient (Wildman–Crippen LogP) is 3.85. The number of hydrogen-bond donors (Lipinski definition) is 0. The second kappa shape index (κ2) is 8.66. The molecule has 1 aliphatic heterocycles. The van der Waals surface area contributed by atoms with Crippen molar-refractivity contribution < 1.29 is 0 Å². The highest BCUT2D eigenvalue weighted by Gasteiger charge is 2.45. The molecule has 3 heteroatoms. The molecule has 1 heterocycles. The maximum atomic E-state index is 2.78. The number of hydrogen-bond acceptors (Lipinski definition) is 3. The van der Waals surface area contributed by atoms with E-state index in [0.29, 0.717) is 11.6 Å². The van der Waals surface area contributed by atoms with Gasteiger partial charge in [0.1, 0.15) is 0 Å². The Kier molecular flexibility index (Phi) is 6.54. The van der Waals surface area contributed by atoms with Gasteiger partial charge in [-0.2, -0.15) is 0 Å². The molecular formula is C22H37N3. The highest BCUT2D eigenvalue weighted by Crippen LogP contribution is 2.40. The molecule has 0 amide bonds. The molecule has 2 aliphatic rings. The van der Waals surface area contributed by atoms with Crippen LogP contribution < -0.4 is 0 Å². The highest BCUT2D eigenvalue weighted by molar-refractivity contribution is 5.14. The molecule has 0 radical (unpaired) electrons. The Labute approximate surface area is 155 Å². The molecular weight excluding hydrogens is 306 g/mol. The van der Waals surface area contributed by atoms with E-state index >= 15 is 0 Å². The summed E-state index contributed by atoms with van der Waals surface area (Å²) in [6, 6.07) is 11.6. The average molecular weight is 344 g/mol. The molecule has 1 unspecified atom stereocenters. The molecule has 0 aromatic heterocycles. The summed E-state index contributed by atoms with van der Waals surface area (Å²) in [5.74, 6) is 0. The summed E-state index contributed by atoms with van der Waals surface area (Å²) >= 11 is 0. The SMILES string of the molecule is CCN(CC)C1(C(C)N2CCN(Cc3ccccc3)CC2)CCCC1. The zero-order chi connectivity index (χ0) is 17.7. The first-order chi connectivity index (χ1) is 12.2. The molecule has 1 aromatic rings. The molecule has 1 aromatic carbocycles. The van der Waals surface area contributed by atoms with Crippen LogP contribution in [0.5, 0.6) is 0 Å². The molecule has 1 saturated carbocycles. The second-order valence-corrected chi connectivity index (χ2v) is 7.96. The summed E-state index contributed by atoms with van der Waals surface area (Å²) < 4.78 is 0. The lowest BCUT2D eigenvalue weighted by Gasteiger charge is -2.51. The Bertz CT molecular complexity index is 497. The van der Waals surface area contributed by atoms with Crippen LogP contribution in [0.15, 0.2) is 30.3 Å². The maximum absolute atomic E-state index is 2.78. The summed E-state index contributed by atoms with van der Waals surface area (Å²) in [6.07, 6.45) is 5.60. The molecule has 1 aliphatic carbocycles. The quantitative estimate of drug-likeness (QED) is 0.744. The van der Waals surface area contributed by atoms with Crippen LogP contribution in [-0.2, 0) is 6.54 Å². The minimum Gasteiger partial charge on any atom is -0.297 e. The van der Waals surface area contributed by atoms with Crippen molar-refractivity contribution >= 4 is 0 Å². The molecule has 0 N–H and O–H groups in total. The molecule has 140 valence electrons. The van der Waals surface area contributed by atoms with E-state index in [0.717, 1.165) is 6.54 Å². The van der Waals surface area contributed by atoms with E-state index in [1.54, 1.807) is 0 Å². The van der Waals surface area contributed by atoms with Gasteiger partial charge in [0, 0.05) is 44.3 Å². The second-order valence-electron chi connectivity index (χ2n) is 7.96. The lowest BCUT2D eigenvalue weighted by molar-refractivity contribution is -0.00994. The van der Waals surface area contributed by atoms with Gasteiger partial charge in [-0.05, 0) is 38.4 Å². The third-order valence-electron chi connectivity index (χ3n) is 6.84. The zero-order valence-corrected chi connectivity index (χ0v) is 16.6. The largest absolute Gasteiger partial charge is 0.297 e. The Morgan fingerprint density at radius 2 is 1.56 bits per heavy atom. The van der Waals surface area contributed by atoms with Crippen LogP contribution in [0.2, 0.25) is 0 Å². The zero-order valence-electron chi connectivity index (χ0n) is 16.6. The van der Waals surface area contributed by atoms with Crippen LogP contribution in [0.3, 0.4) is 0 Å². The molecule has 0 bridgehead atoms. The standard InChI is InChI=1S/C22H37N3/c1-4-25(5-2)22(13-9-10-14-22)20(3)24-17-15-23(16-18-24)19-21-11-7-6-8-12-21/h6-8,11-12,20H,4-5,9-10,13-19H2,1-3H3. The topological polar surface area (TPSA) is 9.72 Å². The lowest BCUT2D eigenvalue weighted by Crippen LogP contribution is -2.62. The smallest absolute Gasteiger partial charge is 0.0361 e. The van der Waals surface area contributed by atoms with Crippen molar-refractivity contribution in [3.63, 3.8) is 0 Å². The summed E-state index contributed by atoms with van der Waals surface area (Å²) in [5.41, 5.74) is 1.87. The number of nitrogens with zero attached hydrogens (tertiary/aromatic N) is 3. The summed E-state index contributed by atoms with van der Waals surface area (Å²) in [6.45, 7) is 15.5. The van der Waals surface area contributed by atoms with E-state index in [-0.39, 0.29) is 0 Å². The third-order valence-corrected chi connectivity index (χ3v) is 6.84. The van der Waals surface area contributed by atoms with Crippen molar-refractivity contribution in [2.75, 3.05) is 39.3 Å². The number of likely N-dealkylation sites (N-methyl/N-ethyl adjacent to an activating group) is 1. The third kappa shape index (κ3) is 4.10. The summed E-state index contributed by atoms with van der Waals surface area (Å²) in [5, 5.41) is 0. The summed E-state index contributed by atoms with van der Waals surface area (Å²) in [7, 11) is 0. The van der Waals surface area contributed by atoms with E-state index in [1.165, 1.54) is 70.5 Å². The molecule has 25 heavy (non-hydrogen) atoms. The van der Waals surface area contributed by atoms with Crippen LogP contribution in [0, 0.1) is 0 Å². The first-order valence-corrected chi connectivity index (χ1v) is 10.4. The van der Waals surface area contributed by atoms with Gasteiger partial charge in [0.25, 0.3) is 0 Å². The van der Waals surface area contributed by atoms with Crippen LogP contribution >= 0.6 is 0 Å². The van der Waals surface area contributed by atoms with Crippen LogP contribution in [0.1, 0.15) is 52.0 Å². The van der Waals surface area contributed by atoms with Crippen molar-refractivity contribution in [2.45, 2.75) is 64.6 Å². The predicted molar refractivity (Wildman–Crippen MR) is 107 cm³/mol. The van der Waals surface area contributed by atoms with Crippen LogP contribution in [0.4, 0.5) is 0 Å². The number of benzene rings is 1. The van der Waals surface area contributed by atoms with Crippen molar-refractivity contribution in [3.05, 3.63) is 35.9 Å². The lowest BCUT2D eigenvalue weighted by atomic mass is 9.85. The summed E-state index contributed by atoms with van der Waals surface area (Å²) in [4.78, 5) is 8.17. The van der Waals surface area contributed by atoms with Gasteiger partial charge >= 0.3 is 0 Å². The normalized spacial score (nSPS) is 23.2. The van der Waals surface area contributed by atoms with Gasteiger partial charge in [0.15, 0.2) is 0 Å². The van der Waals surface area contributed by atoms with Gasteiger partial charge in [0.2, 0.25) is 0 Å². The molecule has 2 fully saturated rings. The average Bonchev–Trinajstić information content (AvgIpc) is 3.14. The molecule has 3 nitrogen and oxygen atoms in total. The Morgan fingerprint density at radius 1 is 0.960 bits per heavy atom. The highest BCUT2D eigenvalue weighted by atomic mass is 15.3. The van der Waals surface area contributed by atoms with Crippen LogP contribution in [0.25, 0.3) is 0 Å². The molecule has 0 spiro atoms. The van der Waals surface area contributed by atoms with E-state index < -0.39 is 0 Å². The maximum Gasteiger partial charge on any atom is 0.0361 e. The van der Waals surface area contributed by atoms with Gasteiger partial charge in [-0.15, -0.1) is 0 Å². The Balaban J connectivity index is 1.59. The fraction of sp³-hybridized carbons (Fsp3) is 0.727.